The maximum atomic E-state index is 12.0. The standard InChI is InChI=1S/C16H21N3OS/c1-3-18-16(20)12-7-8-14(17)15(10-12)19(4-2)11-13-6-5-9-21-13/h5-10H,3-4,11,17H2,1-2H3,(H,18,20). The predicted molar refractivity (Wildman–Crippen MR) is 89.9 cm³/mol. The van der Waals surface area contributed by atoms with Crippen LogP contribution < -0.4 is 16.0 Å². The van der Waals surface area contributed by atoms with Gasteiger partial charge in [-0.3, -0.25) is 4.79 Å². The van der Waals surface area contributed by atoms with Crippen LogP contribution in [0.15, 0.2) is 35.7 Å². The quantitative estimate of drug-likeness (QED) is 0.806. The molecule has 0 spiro atoms. The molecule has 2 rings (SSSR count). The second-order valence-corrected chi connectivity index (χ2v) is 5.76. The van der Waals surface area contributed by atoms with Gasteiger partial charge < -0.3 is 16.0 Å². The van der Waals surface area contributed by atoms with Crippen LogP contribution in [-0.2, 0) is 6.54 Å². The molecule has 0 fully saturated rings. The first kappa shape index (κ1) is 15.4. The lowest BCUT2D eigenvalue weighted by Gasteiger charge is -2.24. The molecule has 0 bridgehead atoms. The summed E-state index contributed by atoms with van der Waals surface area (Å²) in [5.41, 5.74) is 8.35. The highest BCUT2D eigenvalue weighted by Gasteiger charge is 2.13. The van der Waals surface area contributed by atoms with E-state index in [0.29, 0.717) is 17.8 Å². The number of anilines is 2. The Morgan fingerprint density at radius 3 is 2.76 bits per heavy atom. The van der Waals surface area contributed by atoms with Gasteiger partial charge in [-0.1, -0.05) is 6.07 Å². The molecule has 1 aromatic carbocycles. The molecule has 1 aromatic heterocycles. The Morgan fingerprint density at radius 1 is 1.33 bits per heavy atom. The van der Waals surface area contributed by atoms with E-state index in [1.807, 2.05) is 19.1 Å². The predicted octanol–water partition coefficient (Wildman–Crippen LogP) is 3.11. The van der Waals surface area contributed by atoms with Crippen LogP contribution in [0.25, 0.3) is 0 Å². The van der Waals surface area contributed by atoms with Crippen LogP contribution in [0.3, 0.4) is 0 Å². The van der Waals surface area contributed by atoms with E-state index < -0.39 is 0 Å². The molecule has 0 aliphatic heterocycles. The van der Waals surface area contributed by atoms with Crippen LogP contribution >= 0.6 is 11.3 Å². The van der Waals surface area contributed by atoms with Crippen LogP contribution in [0.1, 0.15) is 29.1 Å². The van der Waals surface area contributed by atoms with Gasteiger partial charge in [0.1, 0.15) is 0 Å². The minimum absolute atomic E-state index is 0.0640. The zero-order valence-electron chi connectivity index (χ0n) is 12.4. The third-order valence-electron chi connectivity index (χ3n) is 3.28. The van der Waals surface area contributed by atoms with Crippen molar-refractivity contribution in [2.24, 2.45) is 0 Å². The number of thiophene rings is 1. The number of carbonyl (C=O) groups is 1. The van der Waals surface area contributed by atoms with E-state index in [4.69, 9.17) is 5.73 Å². The topological polar surface area (TPSA) is 58.4 Å². The van der Waals surface area contributed by atoms with Gasteiger partial charge in [-0.2, -0.15) is 0 Å². The van der Waals surface area contributed by atoms with Crippen molar-refractivity contribution in [2.45, 2.75) is 20.4 Å². The number of hydrogen-bond donors (Lipinski definition) is 2. The Kier molecular flexibility index (Phi) is 5.22. The third-order valence-corrected chi connectivity index (χ3v) is 4.14. The summed E-state index contributed by atoms with van der Waals surface area (Å²) in [6.45, 7) is 6.25. The second kappa shape index (κ2) is 7.13. The number of nitrogens with two attached hydrogens (primary N) is 1. The summed E-state index contributed by atoms with van der Waals surface area (Å²) in [7, 11) is 0. The Bertz CT molecular complexity index is 596. The van der Waals surface area contributed by atoms with Crippen LogP contribution in [0.2, 0.25) is 0 Å². The van der Waals surface area contributed by atoms with Crippen molar-refractivity contribution in [3.05, 3.63) is 46.2 Å². The molecule has 2 aromatic rings. The Morgan fingerprint density at radius 2 is 2.14 bits per heavy atom. The molecule has 0 aliphatic carbocycles. The van der Waals surface area contributed by atoms with Gasteiger partial charge in [0.15, 0.2) is 0 Å². The molecule has 0 aliphatic rings. The van der Waals surface area contributed by atoms with Crippen molar-refractivity contribution in [3.8, 4) is 0 Å². The average molecular weight is 303 g/mol. The lowest BCUT2D eigenvalue weighted by Crippen LogP contribution is -2.25. The number of hydrogen-bond acceptors (Lipinski definition) is 4. The van der Waals surface area contributed by atoms with Crippen molar-refractivity contribution in [1.29, 1.82) is 0 Å². The van der Waals surface area contributed by atoms with E-state index in [-0.39, 0.29) is 5.91 Å². The number of benzene rings is 1. The first-order chi connectivity index (χ1) is 10.2. The van der Waals surface area contributed by atoms with Gasteiger partial charge >= 0.3 is 0 Å². The SMILES string of the molecule is CCNC(=O)c1ccc(N)c(N(CC)Cc2cccs2)c1. The van der Waals surface area contributed by atoms with Gasteiger partial charge in [-0.05, 0) is 43.5 Å². The number of nitrogens with zero attached hydrogens (tertiary/aromatic N) is 1. The molecule has 3 N–H and O–H groups in total. The minimum atomic E-state index is -0.0640. The zero-order chi connectivity index (χ0) is 15.2. The molecule has 0 atom stereocenters. The minimum Gasteiger partial charge on any atom is -0.397 e. The first-order valence-corrected chi connectivity index (χ1v) is 7.98. The fraction of sp³-hybridized carbons (Fsp3) is 0.312. The summed E-state index contributed by atoms with van der Waals surface area (Å²) in [5, 5.41) is 4.88. The molecule has 21 heavy (non-hydrogen) atoms. The lowest BCUT2D eigenvalue weighted by atomic mass is 10.1. The van der Waals surface area contributed by atoms with E-state index >= 15 is 0 Å². The molecule has 4 nitrogen and oxygen atoms in total. The molecule has 112 valence electrons. The monoisotopic (exact) mass is 303 g/mol. The fourth-order valence-electron chi connectivity index (χ4n) is 2.18. The van der Waals surface area contributed by atoms with Crippen molar-refractivity contribution >= 4 is 28.6 Å². The number of rotatable bonds is 6. The maximum Gasteiger partial charge on any atom is 0.251 e. The second-order valence-electron chi connectivity index (χ2n) is 4.73. The van der Waals surface area contributed by atoms with Crippen LogP contribution in [-0.4, -0.2) is 19.0 Å². The van der Waals surface area contributed by atoms with Crippen molar-refractivity contribution in [3.63, 3.8) is 0 Å². The lowest BCUT2D eigenvalue weighted by molar-refractivity contribution is 0.0956. The highest BCUT2D eigenvalue weighted by molar-refractivity contribution is 7.09. The maximum absolute atomic E-state index is 12.0. The normalized spacial score (nSPS) is 10.4. The summed E-state index contributed by atoms with van der Waals surface area (Å²) in [6.07, 6.45) is 0. The molecule has 1 heterocycles. The van der Waals surface area contributed by atoms with Gasteiger partial charge in [-0.25, -0.2) is 0 Å². The third kappa shape index (κ3) is 3.76. The van der Waals surface area contributed by atoms with Crippen LogP contribution in [0, 0.1) is 0 Å². The van der Waals surface area contributed by atoms with Crippen LogP contribution in [0.4, 0.5) is 11.4 Å². The van der Waals surface area contributed by atoms with Gasteiger partial charge in [0, 0.05) is 23.5 Å². The Balaban J connectivity index is 2.27. The number of nitrogen functional groups attached to an aromatic ring is 1. The number of nitrogens with one attached hydrogen (secondary N) is 1. The van der Waals surface area contributed by atoms with Crippen LogP contribution in [0.5, 0.6) is 0 Å². The molecule has 0 unspecified atom stereocenters. The Hall–Kier alpha value is -2.01. The fourth-order valence-corrected chi connectivity index (χ4v) is 2.90. The van der Waals surface area contributed by atoms with E-state index in [1.165, 1.54) is 4.88 Å². The largest absolute Gasteiger partial charge is 0.397 e. The summed E-state index contributed by atoms with van der Waals surface area (Å²) in [5.74, 6) is -0.0640. The molecule has 1 amide bonds. The van der Waals surface area contributed by atoms with Gasteiger partial charge in [-0.15, -0.1) is 11.3 Å². The van der Waals surface area contributed by atoms with Crippen molar-refractivity contribution in [2.75, 3.05) is 23.7 Å². The number of carbonyl (C=O) groups excluding carboxylic acids is 1. The average Bonchev–Trinajstić information content (AvgIpc) is 2.99. The molecular formula is C16H21N3OS. The first-order valence-electron chi connectivity index (χ1n) is 7.10. The zero-order valence-corrected chi connectivity index (χ0v) is 13.2. The molecule has 0 saturated carbocycles. The van der Waals surface area contributed by atoms with Gasteiger partial charge in [0.2, 0.25) is 0 Å². The highest BCUT2D eigenvalue weighted by atomic mass is 32.1. The summed E-state index contributed by atoms with van der Waals surface area (Å²) >= 11 is 1.72. The van der Waals surface area contributed by atoms with Gasteiger partial charge in [0.25, 0.3) is 5.91 Å². The van der Waals surface area contributed by atoms with Gasteiger partial charge in [0.05, 0.1) is 17.9 Å². The molecule has 5 heteroatoms. The number of amides is 1. The van der Waals surface area contributed by atoms with Crippen molar-refractivity contribution in [1.82, 2.24) is 5.32 Å². The Labute approximate surface area is 129 Å². The summed E-state index contributed by atoms with van der Waals surface area (Å²) in [6, 6.07) is 9.59. The smallest absolute Gasteiger partial charge is 0.251 e. The molecule has 0 saturated heterocycles. The molecular weight excluding hydrogens is 282 g/mol. The van der Waals surface area contributed by atoms with E-state index in [2.05, 4.69) is 28.6 Å². The van der Waals surface area contributed by atoms with E-state index in [9.17, 15) is 4.79 Å². The summed E-state index contributed by atoms with van der Waals surface area (Å²) in [4.78, 5) is 15.4. The van der Waals surface area contributed by atoms with Crippen molar-refractivity contribution < 1.29 is 4.79 Å². The highest BCUT2D eigenvalue weighted by Crippen LogP contribution is 2.27. The molecule has 0 radical (unpaired) electrons. The summed E-state index contributed by atoms with van der Waals surface area (Å²) < 4.78 is 0. The van der Waals surface area contributed by atoms with E-state index in [0.717, 1.165) is 18.8 Å². The van der Waals surface area contributed by atoms with E-state index in [1.54, 1.807) is 23.5 Å².